The van der Waals surface area contributed by atoms with Gasteiger partial charge in [-0.15, -0.1) is 0 Å². The normalized spacial score (nSPS) is 20.8. The monoisotopic (exact) mass is 350 g/mol. The summed E-state index contributed by atoms with van der Waals surface area (Å²) in [5, 5.41) is 10.7. The number of rotatable bonds is 10. The maximum atomic E-state index is 12.2. The fourth-order valence-electron chi connectivity index (χ4n) is 3.40. The van der Waals surface area contributed by atoms with Crippen LogP contribution in [0.1, 0.15) is 44.1 Å². The molecule has 6 heteroatoms. The number of nitrogens with one attached hydrogen (secondary N) is 2. The molecule has 1 saturated heterocycles. The van der Waals surface area contributed by atoms with Crippen molar-refractivity contribution < 1.29 is 9.32 Å². The molecule has 1 aliphatic heterocycles. The molecule has 2 unspecified atom stereocenters. The summed E-state index contributed by atoms with van der Waals surface area (Å²) in [7, 11) is 4.03. The van der Waals surface area contributed by atoms with Gasteiger partial charge < -0.3 is 20.1 Å². The quantitative estimate of drug-likeness (QED) is 0.674. The summed E-state index contributed by atoms with van der Waals surface area (Å²) in [4.78, 5) is 14.3. The fraction of sp³-hybridized carbons (Fsp3) is 0.789. The molecule has 0 aromatic carbocycles. The number of amides is 1. The molecule has 1 aromatic heterocycles. The molecule has 0 radical (unpaired) electrons. The molecule has 1 fully saturated rings. The lowest BCUT2D eigenvalue weighted by molar-refractivity contribution is -0.122. The highest BCUT2D eigenvalue weighted by Crippen LogP contribution is 2.26. The Balaban J connectivity index is 1.83. The SMILES string of the molecule is CCCCc1cc(CC2CNCCC2CC(=O)NCCN(C)C)no1. The van der Waals surface area contributed by atoms with Crippen molar-refractivity contribution in [1.82, 2.24) is 20.7 Å². The van der Waals surface area contributed by atoms with Crippen LogP contribution in [0.5, 0.6) is 0 Å². The molecule has 1 amide bonds. The van der Waals surface area contributed by atoms with Crippen LogP contribution in [0.2, 0.25) is 0 Å². The predicted octanol–water partition coefficient (Wildman–Crippen LogP) is 1.85. The summed E-state index contributed by atoms with van der Waals surface area (Å²) in [5.41, 5.74) is 1.03. The van der Waals surface area contributed by atoms with Crippen molar-refractivity contribution in [1.29, 1.82) is 0 Å². The molecule has 142 valence electrons. The molecule has 0 aliphatic carbocycles. The topological polar surface area (TPSA) is 70.4 Å². The third-order valence-electron chi connectivity index (χ3n) is 4.95. The van der Waals surface area contributed by atoms with Gasteiger partial charge in [-0.1, -0.05) is 18.5 Å². The van der Waals surface area contributed by atoms with Crippen LogP contribution in [0.4, 0.5) is 0 Å². The average Bonchev–Trinajstić information content (AvgIpc) is 3.02. The van der Waals surface area contributed by atoms with E-state index in [1.165, 1.54) is 0 Å². The van der Waals surface area contributed by atoms with Gasteiger partial charge in [0.2, 0.25) is 5.91 Å². The van der Waals surface area contributed by atoms with E-state index in [9.17, 15) is 4.79 Å². The summed E-state index contributed by atoms with van der Waals surface area (Å²) in [6.45, 7) is 5.71. The largest absolute Gasteiger partial charge is 0.361 e. The maximum absolute atomic E-state index is 12.2. The van der Waals surface area contributed by atoms with E-state index < -0.39 is 0 Å². The molecule has 1 aliphatic rings. The minimum absolute atomic E-state index is 0.169. The molecule has 2 heterocycles. The number of likely N-dealkylation sites (N-methyl/N-ethyl adjacent to an activating group) is 1. The van der Waals surface area contributed by atoms with Gasteiger partial charge >= 0.3 is 0 Å². The summed E-state index contributed by atoms with van der Waals surface area (Å²) < 4.78 is 5.45. The first kappa shape index (κ1) is 19.9. The summed E-state index contributed by atoms with van der Waals surface area (Å²) in [6.07, 6.45) is 5.80. The Bertz CT molecular complexity index is 515. The van der Waals surface area contributed by atoms with Crippen molar-refractivity contribution in [3.05, 3.63) is 17.5 Å². The minimum atomic E-state index is 0.169. The van der Waals surface area contributed by atoms with Crippen LogP contribution in [-0.2, 0) is 17.6 Å². The zero-order valence-corrected chi connectivity index (χ0v) is 16.0. The lowest BCUT2D eigenvalue weighted by Gasteiger charge is -2.31. The number of unbranched alkanes of at least 4 members (excludes halogenated alkanes) is 1. The van der Waals surface area contributed by atoms with E-state index in [4.69, 9.17) is 4.52 Å². The number of aryl methyl sites for hydroxylation is 1. The van der Waals surface area contributed by atoms with Crippen molar-refractivity contribution in [3.8, 4) is 0 Å². The first-order valence-corrected chi connectivity index (χ1v) is 9.65. The lowest BCUT2D eigenvalue weighted by Crippen LogP contribution is -2.41. The van der Waals surface area contributed by atoms with Crippen molar-refractivity contribution in [2.75, 3.05) is 40.3 Å². The van der Waals surface area contributed by atoms with E-state index in [-0.39, 0.29) is 5.91 Å². The van der Waals surface area contributed by atoms with Crippen LogP contribution in [0.3, 0.4) is 0 Å². The van der Waals surface area contributed by atoms with Gasteiger partial charge in [-0.25, -0.2) is 0 Å². The van der Waals surface area contributed by atoms with Crippen molar-refractivity contribution in [2.45, 2.75) is 45.4 Å². The third kappa shape index (κ3) is 7.16. The molecule has 0 spiro atoms. The molecule has 0 bridgehead atoms. The van der Waals surface area contributed by atoms with E-state index in [1.54, 1.807) is 0 Å². The van der Waals surface area contributed by atoms with Gasteiger partial charge in [0.25, 0.3) is 0 Å². The van der Waals surface area contributed by atoms with Gasteiger partial charge in [-0.2, -0.15) is 0 Å². The van der Waals surface area contributed by atoms with Crippen LogP contribution in [-0.4, -0.2) is 56.2 Å². The van der Waals surface area contributed by atoms with Gasteiger partial charge in [-0.05, 0) is 58.3 Å². The van der Waals surface area contributed by atoms with Gasteiger partial charge in [0.15, 0.2) is 0 Å². The number of aromatic nitrogens is 1. The Hall–Kier alpha value is -1.40. The number of carbonyl (C=O) groups excluding carboxylic acids is 1. The maximum Gasteiger partial charge on any atom is 0.220 e. The minimum Gasteiger partial charge on any atom is -0.361 e. The Labute approximate surface area is 151 Å². The summed E-state index contributed by atoms with van der Waals surface area (Å²) >= 11 is 0. The zero-order chi connectivity index (χ0) is 18.1. The second-order valence-corrected chi connectivity index (χ2v) is 7.46. The molecular formula is C19H34N4O2. The molecule has 1 aromatic rings. The van der Waals surface area contributed by atoms with E-state index >= 15 is 0 Å². The molecule has 2 rings (SSSR count). The lowest BCUT2D eigenvalue weighted by atomic mass is 9.81. The van der Waals surface area contributed by atoms with Crippen LogP contribution in [0.25, 0.3) is 0 Å². The van der Waals surface area contributed by atoms with Crippen LogP contribution >= 0.6 is 0 Å². The van der Waals surface area contributed by atoms with Crippen LogP contribution in [0, 0.1) is 11.8 Å². The van der Waals surface area contributed by atoms with Crippen LogP contribution < -0.4 is 10.6 Å². The summed E-state index contributed by atoms with van der Waals surface area (Å²) in [6, 6.07) is 2.10. The molecule has 6 nitrogen and oxygen atoms in total. The predicted molar refractivity (Wildman–Crippen MR) is 99.5 cm³/mol. The second kappa shape index (κ2) is 10.6. The van der Waals surface area contributed by atoms with Gasteiger partial charge in [0.05, 0.1) is 5.69 Å². The molecule has 2 N–H and O–H groups in total. The van der Waals surface area contributed by atoms with E-state index in [0.717, 1.165) is 63.2 Å². The molecular weight excluding hydrogens is 316 g/mol. The van der Waals surface area contributed by atoms with Gasteiger partial charge in [0, 0.05) is 32.0 Å². The highest BCUT2D eigenvalue weighted by atomic mass is 16.5. The first-order valence-electron chi connectivity index (χ1n) is 9.65. The Morgan fingerprint density at radius 1 is 1.44 bits per heavy atom. The number of piperidine rings is 1. The second-order valence-electron chi connectivity index (χ2n) is 7.46. The molecule has 2 atom stereocenters. The van der Waals surface area contributed by atoms with Crippen molar-refractivity contribution in [3.63, 3.8) is 0 Å². The van der Waals surface area contributed by atoms with Gasteiger partial charge in [0.1, 0.15) is 5.76 Å². The first-order chi connectivity index (χ1) is 12.1. The highest BCUT2D eigenvalue weighted by Gasteiger charge is 2.28. The van der Waals surface area contributed by atoms with E-state index in [2.05, 4.69) is 33.7 Å². The fourth-order valence-corrected chi connectivity index (χ4v) is 3.40. The van der Waals surface area contributed by atoms with Crippen LogP contribution in [0.15, 0.2) is 10.6 Å². The average molecular weight is 351 g/mol. The van der Waals surface area contributed by atoms with E-state index in [1.807, 2.05) is 14.1 Å². The molecule has 0 saturated carbocycles. The van der Waals surface area contributed by atoms with Crippen molar-refractivity contribution >= 4 is 5.91 Å². The third-order valence-corrected chi connectivity index (χ3v) is 4.95. The Morgan fingerprint density at radius 3 is 3.04 bits per heavy atom. The Morgan fingerprint density at radius 2 is 2.28 bits per heavy atom. The zero-order valence-electron chi connectivity index (χ0n) is 16.0. The number of hydrogen-bond acceptors (Lipinski definition) is 5. The summed E-state index contributed by atoms with van der Waals surface area (Å²) in [5.74, 6) is 2.01. The number of hydrogen-bond donors (Lipinski definition) is 2. The Kier molecular flexibility index (Phi) is 8.41. The van der Waals surface area contributed by atoms with Crippen molar-refractivity contribution in [2.24, 2.45) is 11.8 Å². The van der Waals surface area contributed by atoms with E-state index in [0.29, 0.717) is 24.8 Å². The number of carbonyl (C=O) groups is 1. The number of nitrogens with zero attached hydrogens (tertiary/aromatic N) is 2. The standard InChI is InChI=1S/C19H34N4O2/c1-4-5-6-18-13-17(22-25-18)11-16-14-20-8-7-15(16)12-19(24)21-9-10-23(2)3/h13,15-16,20H,4-12,14H2,1-3H3,(H,21,24). The van der Waals surface area contributed by atoms with Gasteiger partial charge in [-0.3, -0.25) is 4.79 Å². The molecule has 25 heavy (non-hydrogen) atoms. The smallest absolute Gasteiger partial charge is 0.220 e. The highest BCUT2D eigenvalue weighted by molar-refractivity contribution is 5.76.